The molecule has 2 amide bonds. The molecule has 2 aromatic rings. The highest BCUT2D eigenvalue weighted by Crippen LogP contribution is 2.24. The van der Waals surface area contributed by atoms with Crippen LogP contribution in [0.3, 0.4) is 0 Å². The topological polar surface area (TPSA) is 98.2 Å². The first kappa shape index (κ1) is 13.6. The highest BCUT2D eigenvalue weighted by molar-refractivity contribution is 9.10. The number of primary amides is 1. The van der Waals surface area contributed by atoms with E-state index in [0.29, 0.717) is 26.3 Å². The number of anilines is 2. The molecule has 0 radical (unpaired) electrons. The van der Waals surface area contributed by atoms with Crippen molar-refractivity contribution in [2.24, 2.45) is 5.73 Å². The van der Waals surface area contributed by atoms with Crippen LogP contribution in [0.25, 0.3) is 0 Å². The van der Waals surface area contributed by atoms with Crippen LogP contribution < -0.4 is 16.8 Å². The third-order valence-corrected chi connectivity index (χ3v) is 3.63. The molecule has 5 nitrogen and oxygen atoms in total. The van der Waals surface area contributed by atoms with Gasteiger partial charge in [0, 0.05) is 15.7 Å². The van der Waals surface area contributed by atoms with E-state index in [2.05, 4.69) is 21.2 Å². The maximum atomic E-state index is 12.1. The number of hydrogen-bond donors (Lipinski definition) is 3. The van der Waals surface area contributed by atoms with Gasteiger partial charge in [0.25, 0.3) is 11.8 Å². The molecule has 7 heteroatoms. The number of nitrogens with two attached hydrogens (primary N) is 2. The van der Waals surface area contributed by atoms with Crippen LogP contribution in [0, 0.1) is 0 Å². The third kappa shape index (κ3) is 3.12. The molecule has 0 saturated carbocycles. The predicted molar refractivity (Wildman–Crippen MR) is 79.3 cm³/mol. The second kappa shape index (κ2) is 5.41. The smallest absolute Gasteiger partial charge is 0.256 e. The van der Waals surface area contributed by atoms with Crippen LogP contribution in [0.5, 0.6) is 0 Å². The molecule has 0 fully saturated rings. The second-order valence-electron chi connectivity index (χ2n) is 3.76. The molecule has 19 heavy (non-hydrogen) atoms. The Kier molecular flexibility index (Phi) is 3.87. The van der Waals surface area contributed by atoms with E-state index in [1.807, 2.05) is 0 Å². The number of rotatable bonds is 3. The zero-order valence-electron chi connectivity index (χ0n) is 9.64. The highest BCUT2D eigenvalue weighted by Gasteiger charge is 2.14. The molecular formula is C12H10BrN3O2S. The highest BCUT2D eigenvalue weighted by atomic mass is 79.9. The molecule has 0 spiro atoms. The number of carbonyl (C=O) groups excluding carboxylic acids is 2. The molecule has 0 atom stereocenters. The van der Waals surface area contributed by atoms with Crippen molar-refractivity contribution >= 4 is 49.8 Å². The van der Waals surface area contributed by atoms with Crippen molar-refractivity contribution in [3.8, 4) is 0 Å². The Morgan fingerprint density at radius 2 is 2.00 bits per heavy atom. The fourth-order valence-corrected chi connectivity index (χ4v) is 2.82. The van der Waals surface area contributed by atoms with E-state index in [-0.39, 0.29) is 5.91 Å². The minimum Gasteiger partial charge on any atom is -0.399 e. The number of carbonyl (C=O) groups is 2. The summed E-state index contributed by atoms with van der Waals surface area (Å²) in [7, 11) is 0. The summed E-state index contributed by atoms with van der Waals surface area (Å²) < 4.78 is 0.707. The number of nitrogens with one attached hydrogen (secondary N) is 1. The van der Waals surface area contributed by atoms with E-state index in [0.717, 1.165) is 0 Å². The first-order valence-electron chi connectivity index (χ1n) is 5.22. The average Bonchev–Trinajstić information content (AvgIpc) is 2.75. The summed E-state index contributed by atoms with van der Waals surface area (Å²) in [4.78, 5) is 23.2. The molecule has 1 aromatic carbocycles. The molecule has 5 N–H and O–H groups in total. The van der Waals surface area contributed by atoms with Gasteiger partial charge in [-0.2, -0.15) is 0 Å². The summed E-state index contributed by atoms with van der Waals surface area (Å²) >= 11 is 4.50. The van der Waals surface area contributed by atoms with Gasteiger partial charge in [-0.3, -0.25) is 9.59 Å². The zero-order chi connectivity index (χ0) is 14.0. The molecule has 1 aromatic heterocycles. The Morgan fingerprint density at radius 3 is 2.63 bits per heavy atom. The van der Waals surface area contributed by atoms with Crippen molar-refractivity contribution in [3.05, 3.63) is 45.2 Å². The van der Waals surface area contributed by atoms with E-state index in [4.69, 9.17) is 11.5 Å². The Labute approximate surface area is 121 Å². The van der Waals surface area contributed by atoms with Crippen LogP contribution in [-0.2, 0) is 0 Å². The number of halogens is 1. The molecule has 98 valence electrons. The van der Waals surface area contributed by atoms with Crippen LogP contribution in [0.1, 0.15) is 20.7 Å². The Bertz CT molecular complexity index is 634. The lowest BCUT2D eigenvalue weighted by Gasteiger charge is -2.06. The fraction of sp³-hybridized carbons (Fsp3) is 0. The molecule has 0 saturated heterocycles. The SMILES string of the molecule is NC(=O)c1ccsc1NC(=O)c1cc(N)cc(Br)c1. The first-order chi connectivity index (χ1) is 8.97. The van der Waals surface area contributed by atoms with E-state index >= 15 is 0 Å². The number of hydrogen-bond acceptors (Lipinski definition) is 4. The number of thiophene rings is 1. The van der Waals surface area contributed by atoms with Gasteiger partial charge in [0.15, 0.2) is 0 Å². The lowest BCUT2D eigenvalue weighted by Crippen LogP contribution is -2.16. The van der Waals surface area contributed by atoms with Gasteiger partial charge in [-0.1, -0.05) is 15.9 Å². The molecule has 0 aliphatic rings. The van der Waals surface area contributed by atoms with Crippen LogP contribution in [0.2, 0.25) is 0 Å². The molecule has 1 heterocycles. The summed E-state index contributed by atoms with van der Waals surface area (Å²) in [6, 6.07) is 6.45. The number of nitrogen functional groups attached to an aromatic ring is 1. The largest absolute Gasteiger partial charge is 0.399 e. The van der Waals surface area contributed by atoms with Gasteiger partial charge in [-0.05, 0) is 29.6 Å². The molecule has 0 aliphatic heterocycles. The molecule has 0 unspecified atom stereocenters. The van der Waals surface area contributed by atoms with Gasteiger partial charge in [-0.15, -0.1) is 11.3 Å². The summed E-state index contributed by atoms with van der Waals surface area (Å²) in [5.41, 5.74) is 12.0. The lowest BCUT2D eigenvalue weighted by molar-refractivity contribution is 0.100. The van der Waals surface area contributed by atoms with Crippen LogP contribution in [0.4, 0.5) is 10.7 Å². The summed E-state index contributed by atoms with van der Waals surface area (Å²) in [5.74, 6) is -0.928. The maximum absolute atomic E-state index is 12.1. The molecule has 2 rings (SSSR count). The van der Waals surface area contributed by atoms with Gasteiger partial charge in [0.05, 0.1) is 5.56 Å². The molecular weight excluding hydrogens is 330 g/mol. The summed E-state index contributed by atoms with van der Waals surface area (Å²) in [6.45, 7) is 0. The monoisotopic (exact) mass is 339 g/mol. The van der Waals surface area contributed by atoms with E-state index < -0.39 is 5.91 Å². The normalized spacial score (nSPS) is 10.2. The van der Waals surface area contributed by atoms with Crippen molar-refractivity contribution in [3.63, 3.8) is 0 Å². The van der Waals surface area contributed by atoms with Gasteiger partial charge in [-0.25, -0.2) is 0 Å². The third-order valence-electron chi connectivity index (χ3n) is 2.34. The second-order valence-corrected chi connectivity index (χ2v) is 5.59. The van der Waals surface area contributed by atoms with Crippen molar-refractivity contribution in [1.82, 2.24) is 0 Å². The van der Waals surface area contributed by atoms with E-state index in [1.54, 1.807) is 29.6 Å². The van der Waals surface area contributed by atoms with Crippen molar-refractivity contribution in [2.75, 3.05) is 11.1 Å². The quantitative estimate of drug-likeness (QED) is 0.749. The minimum absolute atomic E-state index is 0.293. The van der Waals surface area contributed by atoms with Crippen LogP contribution in [-0.4, -0.2) is 11.8 Å². The predicted octanol–water partition coefficient (Wildman–Crippen LogP) is 2.44. The Morgan fingerprint density at radius 1 is 1.26 bits per heavy atom. The van der Waals surface area contributed by atoms with Gasteiger partial charge >= 0.3 is 0 Å². The Balaban J connectivity index is 2.25. The van der Waals surface area contributed by atoms with Crippen molar-refractivity contribution in [2.45, 2.75) is 0 Å². The first-order valence-corrected chi connectivity index (χ1v) is 6.89. The molecule has 0 bridgehead atoms. The minimum atomic E-state index is -0.578. The van der Waals surface area contributed by atoms with E-state index in [9.17, 15) is 9.59 Å². The summed E-state index contributed by atoms with van der Waals surface area (Å²) in [6.07, 6.45) is 0. The fourth-order valence-electron chi connectivity index (χ4n) is 1.52. The van der Waals surface area contributed by atoms with E-state index in [1.165, 1.54) is 11.3 Å². The number of benzene rings is 1. The van der Waals surface area contributed by atoms with Gasteiger partial charge < -0.3 is 16.8 Å². The van der Waals surface area contributed by atoms with Crippen molar-refractivity contribution < 1.29 is 9.59 Å². The standard InChI is InChI=1S/C12H10BrN3O2S/c13-7-3-6(4-8(14)5-7)11(18)16-12-9(10(15)17)1-2-19-12/h1-5H,14H2,(H2,15,17)(H,16,18). The maximum Gasteiger partial charge on any atom is 0.256 e. The summed E-state index contributed by atoms with van der Waals surface area (Å²) in [5, 5.41) is 4.76. The zero-order valence-corrected chi connectivity index (χ0v) is 12.0. The van der Waals surface area contributed by atoms with Gasteiger partial charge in [0.1, 0.15) is 5.00 Å². The lowest BCUT2D eigenvalue weighted by atomic mass is 10.2. The van der Waals surface area contributed by atoms with Crippen LogP contribution >= 0.6 is 27.3 Å². The molecule has 0 aliphatic carbocycles. The van der Waals surface area contributed by atoms with Crippen LogP contribution in [0.15, 0.2) is 34.1 Å². The van der Waals surface area contributed by atoms with Crippen molar-refractivity contribution in [1.29, 1.82) is 0 Å². The van der Waals surface area contributed by atoms with Gasteiger partial charge in [0.2, 0.25) is 0 Å². The number of amides is 2. The average molecular weight is 340 g/mol. The Hall–Kier alpha value is -1.86.